The summed E-state index contributed by atoms with van der Waals surface area (Å²) in [4.78, 5) is 0. The van der Waals surface area contributed by atoms with Gasteiger partial charge in [-0.05, 0) is 29.5 Å². The minimum absolute atomic E-state index is 0.302. The van der Waals surface area contributed by atoms with E-state index >= 15 is 0 Å². The Morgan fingerprint density at radius 3 is 1.86 bits per heavy atom. The van der Waals surface area contributed by atoms with E-state index in [0.717, 1.165) is 16.8 Å². The van der Waals surface area contributed by atoms with Gasteiger partial charge in [0, 0.05) is 11.3 Å². The maximum absolute atomic E-state index is 9.78. The van der Waals surface area contributed by atoms with E-state index < -0.39 is 0 Å². The van der Waals surface area contributed by atoms with Crippen LogP contribution in [-0.4, -0.2) is 5.11 Å². The Bertz CT molecular complexity index is 296. The second-order valence-corrected chi connectivity index (χ2v) is 4.31. The number of nitrogen functional groups attached to an aromatic ring is 1. The predicted molar refractivity (Wildman–Crippen MR) is 60.7 cm³/mol. The first-order valence-corrected chi connectivity index (χ1v) is 5.06. The molecule has 0 radical (unpaired) electrons. The molecule has 0 saturated carbocycles. The summed E-state index contributed by atoms with van der Waals surface area (Å²) in [6.07, 6.45) is 0. The molecule has 0 aromatic heterocycles. The van der Waals surface area contributed by atoms with Gasteiger partial charge in [0.2, 0.25) is 0 Å². The zero-order valence-electron chi connectivity index (χ0n) is 9.33. The molecule has 1 aromatic rings. The first-order chi connectivity index (χ1) is 6.45. The van der Waals surface area contributed by atoms with Gasteiger partial charge in [-0.25, -0.2) is 0 Å². The van der Waals surface area contributed by atoms with Crippen molar-refractivity contribution in [3.63, 3.8) is 0 Å². The first kappa shape index (κ1) is 10.9. The van der Waals surface area contributed by atoms with Crippen molar-refractivity contribution in [1.29, 1.82) is 0 Å². The van der Waals surface area contributed by atoms with Crippen LogP contribution in [0.25, 0.3) is 0 Å². The standard InChI is InChI=1S/C12H19NO/c1-7(2)11-9(13)5-6-10(14)12(11)8(3)4/h5-8,14H,13H2,1-4H3. The van der Waals surface area contributed by atoms with Crippen LogP contribution in [0.4, 0.5) is 5.69 Å². The van der Waals surface area contributed by atoms with Crippen molar-refractivity contribution in [2.75, 3.05) is 5.73 Å². The van der Waals surface area contributed by atoms with Crippen molar-refractivity contribution in [2.45, 2.75) is 39.5 Å². The highest BCUT2D eigenvalue weighted by Crippen LogP contribution is 2.36. The average Bonchev–Trinajstić information content (AvgIpc) is 2.07. The van der Waals surface area contributed by atoms with Gasteiger partial charge in [0.1, 0.15) is 5.75 Å². The van der Waals surface area contributed by atoms with Crippen LogP contribution in [0.1, 0.15) is 50.7 Å². The summed E-state index contributed by atoms with van der Waals surface area (Å²) in [6.45, 7) is 8.33. The highest BCUT2D eigenvalue weighted by molar-refractivity contribution is 5.58. The molecule has 0 aliphatic carbocycles. The van der Waals surface area contributed by atoms with E-state index in [1.807, 2.05) is 0 Å². The van der Waals surface area contributed by atoms with Gasteiger partial charge in [0.15, 0.2) is 0 Å². The van der Waals surface area contributed by atoms with Crippen molar-refractivity contribution in [2.24, 2.45) is 0 Å². The monoisotopic (exact) mass is 193 g/mol. The topological polar surface area (TPSA) is 46.2 Å². The van der Waals surface area contributed by atoms with Gasteiger partial charge in [0.25, 0.3) is 0 Å². The summed E-state index contributed by atoms with van der Waals surface area (Å²) in [5, 5.41) is 9.78. The summed E-state index contributed by atoms with van der Waals surface area (Å²) in [5.74, 6) is 1.01. The lowest BCUT2D eigenvalue weighted by Gasteiger charge is -2.19. The van der Waals surface area contributed by atoms with Crippen molar-refractivity contribution in [3.8, 4) is 5.75 Å². The Morgan fingerprint density at radius 1 is 1.00 bits per heavy atom. The van der Waals surface area contributed by atoms with E-state index in [-0.39, 0.29) is 0 Å². The Hall–Kier alpha value is -1.18. The van der Waals surface area contributed by atoms with E-state index in [4.69, 9.17) is 5.73 Å². The maximum atomic E-state index is 9.78. The summed E-state index contributed by atoms with van der Waals surface area (Å²) >= 11 is 0. The molecular formula is C12H19NO. The number of aromatic hydroxyl groups is 1. The molecule has 0 aliphatic heterocycles. The number of anilines is 1. The van der Waals surface area contributed by atoms with Gasteiger partial charge in [-0.2, -0.15) is 0 Å². The number of hydrogen-bond acceptors (Lipinski definition) is 2. The van der Waals surface area contributed by atoms with Crippen LogP contribution in [0, 0.1) is 0 Å². The summed E-state index contributed by atoms with van der Waals surface area (Å²) in [5.41, 5.74) is 8.77. The van der Waals surface area contributed by atoms with Crippen LogP contribution >= 0.6 is 0 Å². The van der Waals surface area contributed by atoms with E-state index in [9.17, 15) is 5.11 Å². The summed E-state index contributed by atoms with van der Waals surface area (Å²) < 4.78 is 0. The Morgan fingerprint density at radius 2 is 1.50 bits per heavy atom. The molecule has 78 valence electrons. The lowest BCUT2D eigenvalue weighted by molar-refractivity contribution is 0.463. The van der Waals surface area contributed by atoms with E-state index in [0.29, 0.717) is 17.6 Å². The molecule has 0 aliphatic rings. The van der Waals surface area contributed by atoms with Gasteiger partial charge in [-0.3, -0.25) is 0 Å². The predicted octanol–water partition coefficient (Wildman–Crippen LogP) is 3.22. The number of benzene rings is 1. The van der Waals surface area contributed by atoms with E-state index in [1.54, 1.807) is 12.1 Å². The molecule has 0 unspecified atom stereocenters. The van der Waals surface area contributed by atoms with Gasteiger partial charge in [-0.1, -0.05) is 27.7 Å². The fourth-order valence-electron chi connectivity index (χ4n) is 1.89. The minimum atomic E-state index is 0.302. The smallest absolute Gasteiger partial charge is 0.119 e. The minimum Gasteiger partial charge on any atom is -0.508 e. The van der Waals surface area contributed by atoms with Crippen molar-refractivity contribution < 1.29 is 5.11 Å². The summed E-state index contributed by atoms with van der Waals surface area (Å²) in [6, 6.07) is 3.45. The zero-order chi connectivity index (χ0) is 10.9. The second-order valence-electron chi connectivity index (χ2n) is 4.31. The van der Waals surface area contributed by atoms with Crippen LogP contribution in [0.2, 0.25) is 0 Å². The van der Waals surface area contributed by atoms with Gasteiger partial charge in [0.05, 0.1) is 0 Å². The second kappa shape index (κ2) is 3.91. The van der Waals surface area contributed by atoms with Gasteiger partial charge >= 0.3 is 0 Å². The molecule has 0 spiro atoms. The molecule has 0 bridgehead atoms. The number of phenolic OH excluding ortho intramolecular Hbond substituents is 1. The van der Waals surface area contributed by atoms with Crippen LogP contribution < -0.4 is 5.73 Å². The molecule has 0 amide bonds. The average molecular weight is 193 g/mol. The van der Waals surface area contributed by atoms with E-state index in [1.165, 1.54) is 0 Å². The number of rotatable bonds is 2. The molecule has 2 heteroatoms. The zero-order valence-corrected chi connectivity index (χ0v) is 9.33. The molecule has 0 fully saturated rings. The molecule has 0 saturated heterocycles. The molecule has 0 atom stereocenters. The molecule has 2 nitrogen and oxygen atoms in total. The Labute approximate surface area is 85.8 Å². The first-order valence-electron chi connectivity index (χ1n) is 5.06. The van der Waals surface area contributed by atoms with Crippen LogP contribution in [0.3, 0.4) is 0 Å². The van der Waals surface area contributed by atoms with Crippen molar-refractivity contribution in [1.82, 2.24) is 0 Å². The SMILES string of the molecule is CC(C)c1c(N)ccc(O)c1C(C)C. The Balaban J connectivity index is 3.42. The fourth-order valence-corrected chi connectivity index (χ4v) is 1.89. The third-order valence-corrected chi connectivity index (χ3v) is 2.45. The molecule has 14 heavy (non-hydrogen) atoms. The summed E-state index contributed by atoms with van der Waals surface area (Å²) in [7, 11) is 0. The maximum Gasteiger partial charge on any atom is 0.119 e. The van der Waals surface area contributed by atoms with Crippen LogP contribution in [-0.2, 0) is 0 Å². The molecular weight excluding hydrogens is 174 g/mol. The third-order valence-electron chi connectivity index (χ3n) is 2.45. The quantitative estimate of drug-likeness (QED) is 0.559. The highest BCUT2D eigenvalue weighted by atomic mass is 16.3. The third kappa shape index (κ3) is 1.84. The Kier molecular flexibility index (Phi) is 3.04. The van der Waals surface area contributed by atoms with Crippen molar-refractivity contribution >= 4 is 5.69 Å². The molecule has 0 heterocycles. The van der Waals surface area contributed by atoms with Gasteiger partial charge in [-0.15, -0.1) is 0 Å². The molecule has 3 N–H and O–H groups in total. The van der Waals surface area contributed by atoms with Crippen molar-refractivity contribution in [3.05, 3.63) is 23.3 Å². The van der Waals surface area contributed by atoms with E-state index in [2.05, 4.69) is 27.7 Å². The number of phenols is 1. The number of hydrogen-bond donors (Lipinski definition) is 2. The van der Waals surface area contributed by atoms with Crippen LogP contribution in [0.15, 0.2) is 12.1 Å². The molecule has 1 rings (SSSR count). The largest absolute Gasteiger partial charge is 0.508 e. The normalized spacial score (nSPS) is 11.3. The number of nitrogens with two attached hydrogens (primary N) is 1. The van der Waals surface area contributed by atoms with Gasteiger partial charge < -0.3 is 10.8 Å². The molecule has 1 aromatic carbocycles. The highest BCUT2D eigenvalue weighted by Gasteiger charge is 2.16. The lowest BCUT2D eigenvalue weighted by atomic mass is 9.88. The fraction of sp³-hybridized carbons (Fsp3) is 0.500. The van der Waals surface area contributed by atoms with Crippen LogP contribution in [0.5, 0.6) is 5.75 Å². The lowest BCUT2D eigenvalue weighted by Crippen LogP contribution is -2.03.